The van der Waals surface area contributed by atoms with Crippen molar-refractivity contribution in [3.8, 4) is 0 Å². The van der Waals surface area contributed by atoms with Crippen LogP contribution in [0.25, 0.3) is 0 Å². The number of aromatic nitrogens is 2. The molecule has 1 aromatic rings. The summed E-state index contributed by atoms with van der Waals surface area (Å²) in [6.07, 6.45) is 10.5. The van der Waals surface area contributed by atoms with Crippen molar-refractivity contribution in [2.24, 2.45) is 13.0 Å². The first-order chi connectivity index (χ1) is 7.81. The summed E-state index contributed by atoms with van der Waals surface area (Å²) in [6.45, 7) is 3.29. The van der Waals surface area contributed by atoms with Crippen LogP contribution in [0.15, 0.2) is 12.4 Å². The lowest BCUT2D eigenvalue weighted by atomic mass is 9.78. The van der Waals surface area contributed by atoms with E-state index in [4.69, 9.17) is 0 Å². The fraction of sp³-hybridized carbons (Fsp3) is 0.769. The lowest BCUT2D eigenvalue weighted by Gasteiger charge is -2.34. The van der Waals surface area contributed by atoms with Crippen LogP contribution in [0.4, 0.5) is 0 Å². The third kappa shape index (κ3) is 2.64. The monoisotopic (exact) mass is 221 g/mol. The Morgan fingerprint density at radius 3 is 2.88 bits per heavy atom. The Bertz CT molecular complexity index is 315. The molecule has 0 bridgehead atoms. The van der Waals surface area contributed by atoms with Crippen LogP contribution in [0, 0.1) is 5.92 Å². The van der Waals surface area contributed by atoms with Crippen LogP contribution in [0.1, 0.15) is 38.4 Å². The quantitative estimate of drug-likeness (QED) is 0.797. The van der Waals surface area contributed by atoms with Gasteiger partial charge in [-0.15, -0.1) is 0 Å². The van der Waals surface area contributed by atoms with Crippen LogP contribution >= 0.6 is 0 Å². The molecular formula is C13H23N3. The maximum Gasteiger partial charge on any atom is 0.108 e. The van der Waals surface area contributed by atoms with Crippen LogP contribution in [-0.4, -0.2) is 22.1 Å². The molecule has 1 N–H and O–H groups in total. The van der Waals surface area contributed by atoms with E-state index in [1.54, 1.807) is 0 Å². The molecule has 0 radical (unpaired) electrons. The molecule has 0 aliphatic heterocycles. The number of imidazole rings is 1. The van der Waals surface area contributed by atoms with Crippen molar-refractivity contribution in [1.82, 2.24) is 14.9 Å². The van der Waals surface area contributed by atoms with Crippen molar-refractivity contribution in [2.75, 3.05) is 6.54 Å². The van der Waals surface area contributed by atoms with Crippen molar-refractivity contribution in [2.45, 2.75) is 45.1 Å². The summed E-state index contributed by atoms with van der Waals surface area (Å²) in [6, 6.07) is 0.704. The maximum atomic E-state index is 4.39. The third-order valence-electron chi connectivity index (χ3n) is 3.79. The van der Waals surface area contributed by atoms with E-state index >= 15 is 0 Å². The molecule has 1 aromatic heterocycles. The summed E-state index contributed by atoms with van der Waals surface area (Å²) in [5.74, 6) is 2.13. The van der Waals surface area contributed by atoms with E-state index in [1.165, 1.54) is 31.5 Å². The standard InChI is InChI=1S/C13H23N3/c1-3-14-12(11-5-4-6-11)7-8-13-15-9-10-16(13)2/h9-12,14H,3-8H2,1-2H3. The van der Waals surface area contributed by atoms with Gasteiger partial charge in [0.1, 0.15) is 5.82 Å². The molecule has 3 nitrogen and oxygen atoms in total. The highest BCUT2D eigenvalue weighted by atomic mass is 15.0. The first-order valence-corrected chi connectivity index (χ1v) is 6.51. The molecule has 1 saturated carbocycles. The van der Waals surface area contributed by atoms with Gasteiger partial charge in [0.15, 0.2) is 0 Å². The fourth-order valence-electron chi connectivity index (χ4n) is 2.53. The lowest BCUT2D eigenvalue weighted by Crippen LogP contribution is -2.39. The predicted octanol–water partition coefficient (Wildman–Crippen LogP) is 2.13. The topological polar surface area (TPSA) is 29.9 Å². The van der Waals surface area contributed by atoms with Gasteiger partial charge in [-0.2, -0.15) is 0 Å². The van der Waals surface area contributed by atoms with Crippen molar-refractivity contribution in [3.05, 3.63) is 18.2 Å². The van der Waals surface area contributed by atoms with Gasteiger partial charge in [-0.1, -0.05) is 13.3 Å². The molecule has 1 aliphatic carbocycles. The van der Waals surface area contributed by atoms with E-state index in [0.29, 0.717) is 6.04 Å². The minimum atomic E-state index is 0.704. The molecule has 1 fully saturated rings. The van der Waals surface area contributed by atoms with Crippen LogP contribution in [0.5, 0.6) is 0 Å². The number of aryl methyl sites for hydroxylation is 2. The Kier molecular flexibility index (Phi) is 3.99. The molecule has 0 aromatic carbocycles. The minimum absolute atomic E-state index is 0.704. The second-order valence-corrected chi connectivity index (χ2v) is 4.85. The molecule has 1 aliphatic rings. The number of rotatable bonds is 6. The molecule has 1 atom stereocenters. The summed E-state index contributed by atoms with van der Waals surface area (Å²) < 4.78 is 2.13. The summed E-state index contributed by atoms with van der Waals surface area (Å²) in [7, 11) is 2.08. The van der Waals surface area contributed by atoms with Crippen molar-refractivity contribution >= 4 is 0 Å². The van der Waals surface area contributed by atoms with Crippen LogP contribution < -0.4 is 5.32 Å². The molecule has 16 heavy (non-hydrogen) atoms. The van der Waals surface area contributed by atoms with E-state index < -0.39 is 0 Å². The van der Waals surface area contributed by atoms with Gasteiger partial charge in [0, 0.05) is 31.9 Å². The average molecular weight is 221 g/mol. The lowest BCUT2D eigenvalue weighted by molar-refractivity contribution is 0.221. The Morgan fingerprint density at radius 1 is 1.56 bits per heavy atom. The van der Waals surface area contributed by atoms with Gasteiger partial charge in [-0.05, 0) is 31.7 Å². The van der Waals surface area contributed by atoms with Gasteiger partial charge in [0.25, 0.3) is 0 Å². The van der Waals surface area contributed by atoms with Crippen LogP contribution in [-0.2, 0) is 13.5 Å². The van der Waals surface area contributed by atoms with Gasteiger partial charge < -0.3 is 9.88 Å². The van der Waals surface area contributed by atoms with Gasteiger partial charge in [-0.3, -0.25) is 0 Å². The summed E-state index contributed by atoms with van der Waals surface area (Å²) in [5, 5.41) is 3.63. The van der Waals surface area contributed by atoms with Crippen molar-refractivity contribution in [1.29, 1.82) is 0 Å². The smallest absolute Gasteiger partial charge is 0.108 e. The third-order valence-corrected chi connectivity index (χ3v) is 3.79. The van der Waals surface area contributed by atoms with E-state index in [1.807, 2.05) is 12.4 Å². The molecule has 0 amide bonds. The largest absolute Gasteiger partial charge is 0.338 e. The molecule has 1 heterocycles. The maximum absolute atomic E-state index is 4.39. The number of hydrogen-bond acceptors (Lipinski definition) is 2. The first kappa shape index (κ1) is 11.6. The zero-order chi connectivity index (χ0) is 11.4. The highest BCUT2D eigenvalue weighted by molar-refractivity contribution is 4.93. The SMILES string of the molecule is CCNC(CCc1nccn1C)C1CCC1. The van der Waals surface area contributed by atoms with Crippen molar-refractivity contribution < 1.29 is 0 Å². The Labute approximate surface area is 98.3 Å². The second kappa shape index (κ2) is 5.48. The number of nitrogens with one attached hydrogen (secondary N) is 1. The van der Waals surface area contributed by atoms with E-state index in [-0.39, 0.29) is 0 Å². The summed E-state index contributed by atoms with van der Waals surface area (Å²) >= 11 is 0. The molecule has 3 heteroatoms. The summed E-state index contributed by atoms with van der Waals surface area (Å²) in [4.78, 5) is 4.39. The van der Waals surface area contributed by atoms with E-state index in [0.717, 1.165) is 18.9 Å². The molecule has 90 valence electrons. The highest BCUT2D eigenvalue weighted by Gasteiger charge is 2.26. The van der Waals surface area contributed by atoms with Gasteiger partial charge in [0.2, 0.25) is 0 Å². The Balaban J connectivity index is 1.83. The van der Waals surface area contributed by atoms with Gasteiger partial charge >= 0.3 is 0 Å². The zero-order valence-electron chi connectivity index (χ0n) is 10.4. The van der Waals surface area contributed by atoms with E-state index in [2.05, 4.69) is 28.8 Å². The highest BCUT2D eigenvalue weighted by Crippen LogP contribution is 2.31. The molecule has 2 rings (SSSR count). The Hall–Kier alpha value is -0.830. The van der Waals surface area contributed by atoms with E-state index in [9.17, 15) is 0 Å². The predicted molar refractivity (Wildman–Crippen MR) is 66.3 cm³/mol. The molecule has 0 saturated heterocycles. The molecule has 1 unspecified atom stereocenters. The second-order valence-electron chi connectivity index (χ2n) is 4.85. The van der Waals surface area contributed by atoms with Crippen molar-refractivity contribution in [3.63, 3.8) is 0 Å². The molecule has 0 spiro atoms. The molecular weight excluding hydrogens is 198 g/mol. The Morgan fingerprint density at radius 2 is 2.38 bits per heavy atom. The van der Waals surface area contributed by atoms with Crippen LogP contribution in [0.3, 0.4) is 0 Å². The zero-order valence-corrected chi connectivity index (χ0v) is 10.4. The number of nitrogens with zero attached hydrogens (tertiary/aromatic N) is 2. The number of hydrogen-bond donors (Lipinski definition) is 1. The van der Waals surface area contributed by atoms with Gasteiger partial charge in [-0.25, -0.2) is 4.98 Å². The van der Waals surface area contributed by atoms with Gasteiger partial charge in [0.05, 0.1) is 0 Å². The average Bonchev–Trinajstić information content (AvgIpc) is 2.58. The van der Waals surface area contributed by atoms with Crippen LogP contribution in [0.2, 0.25) is 0 Å². The summed E-state index contributed by atoms with van der Waals surface area (Å²) in [5.41, 5.74) is 0. The fourth-order valence-corrected chi connectivity index (χ4v) is 2.53. The normalized spacial score (nSPS) is 18.4. The first-order valence-electron chi connectivity index (χ1n) is 6.51. The minimum Gasteiger partial charge on any atom is -0.338 e.